The number of fused-ring (bicyclic) bond motifs is 1. The summed E-state index contributed by atoms with van der Waals surface area (Å²) in [6, 6.07) is 19.8. The van der Waals surface area contributed by atoms with Gasteiger partial charge in [0.15, 0.2) is 6.61 Å². The molecular weight excluding hydrogens is 480 g/mol. The first-order chi connectivity index (χ1) is 17.8. The molecule has 3 aromatic rings. The van der Waals surface area contributed by atoms with Crippen molar-refractivity contribution in [3.8, 4) is 17.2 Å². The summed E-state index contributed by atoms with van der Waals surface area (Å²) in [4.78, 5) is 35.0. The Kier molecular flexibility index (Phi) is 9.68. The quantitative estimate of drug-likeness (QED) is 0.462. The van der Waals surface area contributed by atoms with Crippen LogP contribution < -0.4 is 14.2 Å². The Morgan fingerprint density at radius 1 is 0.784 bits per heavy atom. The first kappa shape index (κ1) is 27.3. The number of benzene rings is 3. The fourth-order valence-corrected chi connectivity index (χ4v) is 3.90. The number of amides is 1. The molecule has 1 amide bonds. The molecule has 4 rings (SSSR count). The molecule has 37 heavy (non-hydrogen) atoms. The lowest BCUT2D eigenvalue weighted by atomic mass is 10.1. The van der Waals surface area contributed by atoms with Crippen molar-refractivity contribution in [3.05, 3.63) is 66.2 Å². The van der Waals surface area contributed by atoms with Gasteiger partial charge in [-0.2, -0.15) is 0 Å². The van der Waals surface area contributed by atoms with Gasteiger partial charge in [0.2, 0.25) is 0 Å². The van der Waals surface area contributed by atoms with Crippen molar-refractivity contribution in [3.63, 3.8) is 0 Å². The van der Waals surface area contributed by atoms with Gasteiger partial charge >= 0.3 is 11.9 Å². The van der Waals surface area contributed by atoms with Gasteiger partial charge in [0.25, 0.3) is 5.91 Å². The van der Waals surface area contributed by atoms with Crippen LogP contribution in [0.2, 0.25) is 0 Å². The number of carboxylic acid groups (broad SMARTS) is 2. The van der Waals surface area contributed by atoms with Crippen LogP contribution in [0.25, 0.3) is 10.8 Å². The number of piperazine rings is 1. The van der Waals surface area contributed by atoms with Crippen molar-refractivity contribution < 1.29 is 38.8 Å². The minimum absolute atomic E-state index is 0.0202. The summed E-state index contributed by atoms with van der Waals surface area (Å²) >= 11 is 0. The molecule has 196 valence electrons. The number of hydrogen-bond acceptors (Lipinski definition) is 7. The fraction of sp³-hybridized carbons (Fsp3) is 0.296. The summed E-state index contributed by atoms with van der Waals surface area (Å²) in [6.45, 7) is 3.81. The molecule has 0 radical (unpaired) electrons. The average molecular weight is 511 g/mol. The summed E-state index contributed by atoms with van der Waals surface area (Å²) in [5, 5.41) is 17.0. The van der Waals surface area contributed by atoms with Crippen LogP contribution in [0.1, 0.15) is 5.56 Å². The molecule has 1 saturated heterocycles. The number of nitrogens with zero attached hydrogens (tertiary/aromatic N) is 2. The smallest absolute Gasteiger partial charge is 0.414 e. The van der Waals surface area contributed by atoms with Crippen LogP contribution in [-0.4, -0.2) is 84.9 Å². The normalized spacial score (nSPS) is 13.3. The van der Waals surface area contributed by atoms with E-state index in [0.29, 0.717) is 13.1 Å². The number of aliphatic carboxylic acids is 2. The third-order valence-corrected chi connectivity index (χ3v) is 5.87. The Bertz CT molecular complexity index is 1230. The fourth-order valence-electron chi connectivity index (χ4n) is 3.90. The van der Waals surface area contributed by atoms with Crippen molar-refractivity contribution >= 4 is 28.6 Å². The Morgan fingerprint density at radius 3 is 2.05 bits per heavy atom. The van der Waals surface area contributed by atoms with E-state index in [1.54, 1.807) is 14.2 Å². The lowest BCUT2D eigenvalue weighted by Crippen LogP contribution is -2.49. The lowest BCUT2D eigenvalue weighted by molar-refractivity contribution is -0.159. The summed E-state index contributed by atoms with van der Waals surface area (Å²) < 4.78 is 16.6. The van der Waals surface area contributed by atoms with E-state index in [0.717, 1.165) is 53.2 Å². The van der Waals surface area contributed by atoms with E-state index in [2.05, 4.69) is 11.0 Å². The monoisotopic (exact) mass is 510 g/mol. The first-order valence-electron chi connectivity index (χ1n) is 11.6. The zero-order valence-electron chi connectivity index (χ0n) is 20.8. The van der Waals surface area contributed by atoms with Gasteiger partial charge in [-0.15, -0.1) is 0 Å². The van der Waals surface area contributed by atoms with E-state index < -0.39 is 11.9 Å². The highest BCUT2D eigenvalue weighted by Crippen LogP contribution is 2.26. The van der Waals surface area contributed by atoms with Crippen molar-refractivity contribution in [1.29, 1.82) is 0 Å². The minimum atomic E-state index is -1.82. The maximum absolute atomic E-state index is 12.6. The number of methoxy groups -OCH3 is 2. The van der Waals surface area contributed by atoms with E-state index in [1.807, 2.05) is 59.5 Å². The number of carbonyl (C=O) groups is 3. The summed E-state index contributed by atoms with van der Waals surface area (Å²) in [7, 11) is 3.34. The van der Waals surface area contributed by atoms with E-state index in [1.165, 1.54) is 0 Å². The first-order valence-corrected chi connectivity index (χ1v) is 11.6. The van der Waals surface area contributed by atoms with Crippen LogP contribution >= 0.6 is 0 Å². The molecule has 0 aromatic heterocycles. The Morgan fingerprint density at radius 2 is 1.43 bits per heavy atom. The molecule has 1 heterocycles. The molecule has 1 fully saturated rings. The van der Waals surface area contributed by atoms with Gasteiger partial charge in [-0.25, -0.2) is 9.59 Å². The zero-order valence-corrected chi connectivity index (χ0v) is 20.8. The number of ether oxygens (including phenoxy) is 3. The molecular formula is C27H30N2O8. The maximum atomic E-state index is 12.6. The molecule has 1 aliphatic rings. The summed E-state index contributed by atoms with van der Waals surface area (Å²) in [6.07, 6.45) is 0. The highest BCUT2D eigenvalue weighted by atomic mass is 16.5. The SMILES string of the molecule is COc1ccc(OC)c(CN2CCN(C(=O)COc3ccc4ccccc4c3)CC2)c1.O=C(O)C(=O)O. The number of hydrogen-bond donors (Lipinski definition) is 2. The molecule has 0 unspecified atom stereocenters. The van der Waals surface area contributed by atoms with Crippen LogP contribution in [0.3, 0.4) is 0 Å². The highest BCUT2D eigenvalue weighted by Gasteiger charge is 2.22. The second kappa shape index (κ2) is 13.1. The second-order valence-corrected chi connectivity index (χ2v) is 8.24. The third-order valence-electron chi connectivity index (χ3n) is 5.87. The standard InChI is InChI=1S/C25H28N2O4.C2H2O4/c1-29-22-9-10-24(30-2)21(16-22)17-26-11-13-27(14-12-26)25(28)18-31-23-8-7-19-5-3-4-6-20(19)15-23;3-1(4)2(5)6/h3-10,15-16H,11-14,17-18H2,1-2H3;(H,3,4)(H,5,6). The molecule has 0 bridgehead atoms. The Labute approximate surface area is 214 Å². The van der Waals surface area contributed by atoms with Crippen LogP contribution in [-0.2, 0) is 20.9 Å². The topological polar surface area (TPSA) is 126 Å². The van der Waals surface area contributed by atoms with Crippen LogP contribution in [0.5, 0.6) is 17.2 Å². The lowest BCUT2D eigenvalue weighted by Gasteiger charge is -2.35. The number of rotatable bonds is 7. The van der Waals surface area contributed by atoms with Crippen molar-refractivity contribution in [2.45, 2.75) is 6.54 Å². The predicted molar refractivity (Wildman–Crippen MR) is 136 cm³/mol. The van der Waals surface area contributed by atoms with E-state index in [-0.39, 0.29) is 12.5 Å². The van der Waals surface area contributed by atoms with Gasteiger partial charge in [-0.3, -0.25) is 9.69 Å². The second-order valence-electron chi connectivity index (χ2n) is 8.24. The minimum Gasteiger partial charge on any atom is -0.497 e. The zero-order chi connectivity index (χ0) is 26.8. The van der Waals surface area contributed by atoms with Crippen LogP contribution in [0, 0.1) is 0 Å². The molecule has 0 aliphatic carbocycles. The van der Waals surface area contributed by atoms with E-state index in [4.69, 9.17) is 34.0 Å². The largest absolute Gasteiger partial charge is 0.497 e. The van der Waals surface area contributed by atoms with E-state index in [9.17, 15) is 4.79 Å². The van der Waals surface area contributed by atoms with E-state index >= 15 is 0 Å². The third kappa shape index (κ3) is 7.84. The number of carbonyl (C=O) groups excluding carboxylic acids is 1. The molecule has 0 saturated carbocycles. The van der Waals surface area contributed by atoms with Gasteiger partial charge in [0.1, 0.15) is 17.2 Å². The van der Waals surface area contributed by atoms with Crippen molar-refractivity contribution in [1.82, 2.24) is 9.80 Å². The maximum Gasteiger partial charge on any atom is 0.414 e. The predicted octanol–water partition coefficient (Wildman–Crippen LogP) is 2.74. The summed E-state index contributed by atoms with van der Waals surface area (Å²) in [5.74, 6) is -1.24. The molecule has 1 aliphatic heterocycles. The Hall–Kier alpha value is -4.31. The van der Waals surface area contributed by atoms with Gasteiger partial charge < -0.3 is 29.3 Å². The van der Waals surface area contributed by atoms with Crippen molar-refractivity contribution in [2.24, 2.45) is 0 Å². The average Bonchev–Trinajstić information content (AvgIpc) is 2.92. The van der Waals surface area contributed by atoms with Gasteiger partial charge in [-0.05, 0) is 41.1 Å². The summed E-state index contributed by atoms with van der Waals surface area (Å²) in [5.41, 5.74) is 1.08. The van der Waals surface area contributed by atoms with Crippen molar-refractivity contribution in [2.75, 3.05) is 47.0 Å². The van der Waals surface area contributed by atoms with Gasteiger partial charge in [0, 0.05) is 38.3 Å². The molecule has 2 N–H and O–H groups in total. The molecule has 3 aromatic carbocycles. The van der Waals surface area contributed by atoms with Gasteiger partial charge in [0.05, 0.1) is 14.2 Å². The van der Waals surface area contributed by atoms with Crippen LogP contribution in [0.4, 0.5) is 0 Å². The molecule has 0 spiro atoms. The highest BCUT2D eigenvalue weighted by molar-refractivity contribution is 6.27. The number of carboxylic acids is 2. The Balaban J connectivity index is 0.000000568. The van der Waals surface area contributed by atoms with Crippen LogP contribution in [0.15, 0.2) is 60.7 Å². The molecule has 10 nitrogen and oxygen atoms in total. The molecule has 10 heteroatoms. The molecule has 0 atom stereocenters. The van der Waals surface area contributed by atoms with Gasteiger partial charge in [-0.1, -0.05) is 30.3 Å².